The van der Waals surface area contributed by atoms with Gasteiger partial charge in [-0.2, -0.15) is 0 Å². The van der Waals surface area contributed by atoms with Crippen LogP contribution in [0.3, 0.4) is 0 Å². The van der Waals surface area contributed by atoms with Crippen LogP contribution < -0.4 is 10.1 Å². The largest absolute Gasteiger partial charge is 0.478 e. The van der Waals surface area contributed by atoms with E-state index in [9.17, 15) is 4.79 Å². The lowest BCUT2D eigenvalue weighted by Gasteiger charge is -2.25. The Hall–Kier alpha value is -3.02. The molecule has 0 aliphatic heterocycles. The molecule has 1 heterocycles. The second-order valence-electron chi connectivity index (χ2n) is 8.62. The number of anilines is 1. The number of carbonyl (C=O) groups excluding carboxylic acids is 1. The highest BCUT2D eigenvalue weighted by Gasteiger charge is 2.30. The third-order valence-electron chi connectivity index (χ3n) is 5.27. The van der Waals surface area contributed by atoms with Crippen LogP contribution >= 0.6 is 23.2 Å². The topological polar surface area (TPSA) is 64.4 Å². The predicted octanol–water partition coefficient (Wildman–Crippen LogP) is 7.72. The number of hydrogen-bond donors (Lipinski definition) is 1. The average Bonchev–Trinajstić information content (AvgIpc) is 3.19. The lowest BCUT2D eigenvalue weighted by Crippen LogP contribution is -2.42. The Morgan fingerprint density at radius 2 is 1.76 bits per heavy atom. The molecule has 1 aromatic heterocycles. The minimum Gasteiger partial charge on any atom is -0.478 e. The van der Waals surface area contributed by atoms with Gasteiger partial charge in [-0.15, -0.1) is 0 Å². The summed E-state index contributed by atoms with van der Waals surface area (Å²) < 4.78 is 11.8. The van der Waals surface area contributed by atoms with Gasteiger partial charge in [0.2, 0.25) is 5.89 Å². The highest BCUT2D eigenvalue weighted by molar-refractivity contribution is 6.33. The van der Waals surface area contributed by atoms with Gasteiger partial charge in [-0.25, -0.2) is 4.98 Å². The monoisotopic (exact) mass is 482 g/mol. The summed E-state index contributed by atoms with van der Waals surface area (Å²) in [7, 11) is 0. The molecule has 7 heteroatoms. The molecule has 0 bridgehead atoms. The van der Waals surface area contributed by atoms with E-state index >= 15 is 0 Å². The molecule has 33 heavy (non-hydrogen) atoms. The number of rotatable bonds is 6. The Labute approximate surface area is 202 Å². The third kappa shape index (κ3) is 5.15. The number of fused-ring (bicyclic) bond motifs is 1. The van der Waals surface area contributed by atoms with Crippen LogP contribution in [0.4, 0.5) is 5.69 Å². The van der Waals surface area contributed by atoms with Crippen molar-refractivity contribution >= 4 is 45.9 Å². The number of nitrogens with one attached hydrogen (secondary N) is 1. The zero-order valence-corrected chi connectivity index (χ0v) is 20.3. The minimum atomic E-state index is -1.13. The molecule has 0 spiro atoms. The van der Waals surface area contributed by atoms with E-state index in [4.69, 9.17) is 32.4 Å². The number of halogens is 2. The van der Waals surface area contributed by atoms with Gasteiger partial charge in [0.15, 0.2) is 11.2 Å². The van der Waals surface area contributed by atoms with Gasteiger partial charge >= 0.3 is 0 Å². The van der Waals surface area contributed by atoms with Gasteiger partial charge in [0.05, 0.1) is 10.6 Å². The molecule has 0 saturated carbocycles. The Morgan fingerprint density at radius 3 is 2.45 bits per heavy atom. The molecule has 3 aromatic carbocycles. The summed E-state index contributed by atoms with van der Waals surface area (Å²) in [5, 5.41) is 3.96. The van der Waals surface area contributed by atoms with Gasteiger partial charge < -0.3 is 14.5 Å². The number of oxazole rings is 1. The third-order valence-corrected chi connectivity index (χ3v) is 5.85. The van der Waals surface area contributed by atoms with Gasteiger partial charge in [-0.05, 0) is 79.9 Å². The van der Waals surface area contributed by atoms with E-state index in [1.807, 2.05) is 18.2 Å². The quantitative estimate of drug-likeness (QED) is 0.305. The number of aromatic nitrogens is 1. The second-order valence-corrected chi connectivity index (χ2v) is 9.46. The SMILES string of the molecule is CC(C)c1ccc2oc(-c3cc(NC(=O)C(C)(C)Oc4ccc(Cl)cc4)ccc3Cl)nc2c1. The van der Waals surface area contributed by atoms with Crippen molar-refractivity contribution in [2.75, 3.05) is 5.32 Å². The first kappa shape index (κ1) is 23.1. The summed E-state index contributed by atoms with van der Waals surface area (Å²) >= 11 is 12.4. The molecule has 0 unspecified atom stereocenters. The van der Waals surface area contributed by atoms with Crippen LogP contribution in [0.5, 0.6) is 5.75 Å². The molecule has 0 aliphatic carbocycles. The number of ether oxygens (including phenoxy) is 1. The first-order chi connectivity index (χ1) is 15.6. The molecule has 0 radical (unpaired) electrons. The lowest BCUT2D eigenvalue weighted by molar-refractivity contribution is -0.128. The molecule has 5 nitrogen and oxygen atoms in total. The summed E-state index contributed by atoms with van der Waals surface area (Å²) in [6.07, 6.45) is 0. The molecular weight excluding hydrogens is 459 g/mol. The maximum Gasteiger partial charge on any atom is 0.267 e. The molecule has 0 saturated heterocycles. The summed E-state index contributed by atoms with van der Waals surface area (Å²) in [5.41, 5.74) is 2.64. The maximum absolute atomic E-state index is 12.9. The van der Waals surface area contributed by atoms with E-state index in [0.29, 0.717) is 44.4 Å². The first-order valence-corrected chi connectivity index (χ1v) is 11.3. The smallest absolute Gasteiger partial charge is 0.267 e. The normalized spacial score (nSPS) is 11.7. The van der Waals surface area contributed by atoms with Gasteiger partial charge in [0, 0.05) is 10.7 Å². The van der Waals surface area contributed by atoms with Crippen molar-refractivity contribution in [2.24, 2.45) is 0 Å². The van der Waals surface area contributed by atoms with Crippen LogP contribution in [0.2, 0.25) is 10.0 Å². The number of carbonyl (C=O) groups is 1. The fraction of sp³-hybridized carbons (Fsp3) is 0.231. The summed E-state index contributed by atoms with van der Waals surface area (Å²) in [6.45, 7) is 7.65. The molecule has 1 N–H and O–H groups in total. The van der Waals surface area contributed by atoms with Crippen LogP contribution in [-0.2, 0) is 4.79 Å². The van der Waals surface area contributed by atoms with Crippen LogP contribution in [0.15, 0.2) is 65.1 Å². The van der Waals surface area contributed by atoms with Crippen molar-refractivity contribution in [3.63, 3.8) is 0 Å². The number of hydrogen-bond acceptors (Lipinski definition) is 4. The van der Waals surface area contributed by atoms with Crippen molar-refractivity contribution in [3.05, 3.63) is 76.3 Å². The van der Waals surface area contributed by atoms with E-state index in [-0.39, 0.29) is 5.91 Å². The summed E-state index contributed by atoms with van der Waals surface area (Å²) in [5.74, 6) is 1.01. The number of nitrogens with zero attached hydrogens (tertiary/aromatic N) is 1. The fourth-order valence-electron chi connectivity index (χ4n) is 3.31. The highest BCUT2D eigenvalue weighted by atomic mass is 35.5. The number of benzene rings is 3. The second kappa shape index (κ2) is 9.08. The van der Waals surface area contributed by atoms with Crippen LogP contribution in [0, 0.1) is 0 Å². The minimum absolute atomic E-state index is 0.315. The standard InChI is InChI=1S/C26H24Cl2N2O3/c1-15(2)16-5-12-23-22(13-16)30-24(32-23)20-14-18(8-11-21(20)28)29-25(31)26(3,4)33-19-9-6-17(27)7-10-19/h5-15H,1-4H3,(H,29,31). The van der Waals surface area contributed by atoms with E-state index in [0.717, 1.165) is 5.52 Å². The van der Waals surface area contributed by atoms with Gasteiger partial charge in [0.25, 0.3) is 5.91 Å². The Bertz CT molecular complexity index is 1310. The van der Waals surface area contributed by atoms with Crippen molar-refractivity contribution in [1.29, 1.82) is 0 Å². The van der Waals surface area contributed by atoms with E-state index in [2.05, 4.69) is 24.1 Å². The molecule has 0 fully saturated rings. The molecule has 4 rings (SSSR count). The molecular formula is C26H24Cl2N2O3. The maximum atomic E-state index is 12.9. The molecule has 170 valence electrons. The summed E-state index contributed by atoms with van der Waals surface area (Å²) in [4.78, 5) is 17.6. The van der Waals surface area contributed by atoms with Gasteiger partial charge in [-0.1, -0.05) is 43.1 Å². The van der Waals surface area contributed by atoms with Crippen molar-refractivity contribution in [3.8, 4) is 17.2 Å². The van der Waals surface area contributed by atoms with E-state index in [1.54, 1.807) is 56.3 Å². The van der Waals surface area contributed by atoms with Crippen LogP contribution in [-0.4, -0.2) is 16.5 Å². The zero-order chi connectivity index (χ0) is 23.8. The molecule has 0 aliphatic rings. The van der Waals surface area contributed by atoms with Crippen LogP contribution in [0.25, 0.3) is 22.6 Å². The van der Waals surface area contributed by atoms with Gasteiger partial charge in [0.1, 0.15) is 11.3 Å². The molecule has 0 atom stereocenters. The van der Waals surface area contributed by atoms with Crippen molar-refractivity contribution in [2.45, 2.75) is 39.2 Å². The highest BCUT2D eigenvalue weighted by Crippen LogP contribution is 2.33. The van der Waals surface area contributed by atoms with E-state index < -0.39 is 5.60 Å². The molecule has 1 amide bonds. The fourth-order valence-corrected chi connectivity index (χ4v) is 3.64. The van der Waals surface area contributed by atoms with Crippen molar-refractivity contribution in [1.82, 2.24) is 4.98 Å². The first-order valence-electron chi connectivity index (χ1n) is 10.6. The Morgan fingerprint density at radius 1 is 1.03 bits per heavy atom. The number of amides is 1. The predicted molar refractivity (Wildman–Crippen MR) is 133 cm³/mol. The zero-order valence-electron chi connectivity index (χ0n) is 18.8. The van der Waals surface area contributed by atoms with Gasteiger partial charge in [-0.3, -0.25) is 4.79 Å². The molecule has 4 aromatic rings. The summed E-state index contributed by atoms with van der Waals surface area (Å²) in [6, 6.07) is 18.0. The average molecular weight is 483 g/mol. The Balaban J connectivity index is 1.57. The lowest BCUT2D eigenvalue weighted by atomic mass is 10.0. The van der Waals surface area contributed by atoms with Crippen LogP contribution in [0.1, 0.15) is 39.2 Å². The Kier molecular flexibility index (Phi) is 6.37. The van der Waals surface area contributed by atoms with Crippen molar-refractivity contribution < 1.29 is 13.9 Å². The van der Waals surface area contributed by atoms with E-state index in [1.165, 1.54) is 5.56 Å².